The maximum Gasteiger partial charge on any atom is 0.0693 e. The summed E-state index contributed by atoms with van der Waals surface area (Å²) in [4.78, 5) is 0. The first kappa shape index (κ1) is 9.72. The summed E-state index contributed by atoms with van der Waals surface area (Å²) in [6, 6.07) is 0. The van der Waals surface area contributed by atoms with Gasteiger partial charge in [-0.05, 0) is 0 Å². The van der Waals surface area contributed by atoms with E-state index in [4.69, 9.17) is 5.11 Å². The molecule has 0 amide bonds. The van der Waals surface area contributed by atoms with Gasteiger partial charge in [-0.2, -0.15) is 0 Å². The third-order valence-electron chi connectivity index (χ3n) is 0.295. The number of aliphatic hydroxyl groups is 1. The van der Waals surface area contributed by atoms with Gasteiger partial charge in [-0.1, -0.05) is 0 Å². The van der Waals surface area contributed by atoms with Gasteiger partial charge in [0.1, 0.15) is 0 Å². The van der Waals surface area contributed by atoms with E-state index in [2.05, 4.69) is 4.74 Å². The van der Waals surface area contributed by atoms with Crippen LogP contribution in [0.5, 0.6) is 0 Å². The molecule has 0 spiro atoms. The summed E-state index contributed by atoms with van der Waals surface area (Å²) in [6.45, 7) is 0.566. The second-order valence-electron chi connectivity index (χ2n) is 0.716. The maximum absolute atomic E-state index is 7.94. The van der Waals surface area contributed by atoms with E-state index in [0.717, 1.165) is 0 Å². The molecule has 6 heavy (non-hydrogen) atoms. The molecular weight excluding hydrogens is 75.0 g/mol. The molecule has 0 heterocycles. The van der Waals surface area contributed by atoms with Gasteiger partial charge in [-0.3, -0.25) is 0 Å². The first-order valence-electron chi connectivity index (χ1n) is 1.51. The Morgan fingerprint density at radius 1 is 1.67 bits per heavy atom. The first-order chi connectivity index (χ1) is 2.41. The predicted octanol–water partition coefficient (Wildman–Crippen LogP) is -0.756. The molecule has 2 nitrogen and oxygen atoms in total. The minimum Gasteiger partial charge on any atom is -0.394 e. The van der Waals surface area contributed by atoms with Crippen LogP contribution in [0, 0.1) is 0 Å². The molecule has 0 aromatic carbocycles. The van der Waals surface area contributed by atoms with Crippen molar-refractivity contribution in [2.24, 2.45) is 0 Å². The molecule has 0 saturated carbocycles. The van der Waals surface area contributed by atoms with Crippen molar-refractivity contribution in [2.75, 3.05) is 20.3 Å². The standard InChI is InChI=1S/C3H8O2.Li/c1-5-3-2-4;/h4H,2-3H2,1H3;. The number of methoxy groups -OCH3 is 1. The van der Waals surface area contributed by atoms with E-state index >= 15 is 0 Å². The van der Waals surface area contributed by atoms with Gasteiger partial charge in [0.25, 0.3) is 0 Å². The average Bonchev–Trinajstić information content (AvgIpc) is 1.41. The third kappa shape index (κ3) is 8.82. The van der Waals surface area contributed by atoms with Gasteiger partial charge in [0.2, 0.25) is 0 Å². The van der Waals surface area contributed by atoms with E-state index in [0.29, 0.717) is 6.61 Å². The molecule has 0 aromatic heterocycles. The van der Waals surface area contributed by atoms with E-state index in [1.165, 1.54) is 0 Å². The summed E-state index contributed by atoms with van der Waals surface area (Å²) in [5.74, 6) is 0. The molecular formula is C3H8LiO2. The van der Waals surface area contributed by atoms with Crippen LogP contribution in [-0.2, 0) is 4.74 Å². The molecule has 33 valence electrons. The van der Waals surface area contributed by atoms with Crippen LogP contribution in [0.25, 0.3) is 0 Å². The van der Waals surface area contributed by atoms with E-state index in [9.17, 15) is 0 Å². The van der Waals surface area contributed by atoms with E-state index < -0.39 is 0 Å². The second kappa shape index (κ2) is 9.10. The SMILES string of the molecule is COCCO.[Li]. The summed E-state index contributed by atoms with van der Waals surface area (Å²) in [5, 5.41) is 7.94. The molecule has 0 aliphatic heterocycles. The van der Waals surface area contributed by atoms with Gasteiger partial charge in [0.05, 0.1) is 13.2 Å². The molecule has 0 aromatic rings. The Labute approximate surface area is 49.7 Å². The summed E-state index contributed by atoms with van der Waals surface area (Å²) in [7, 11) is 1.55. The predicted molar refractivity (Wildman–Crippen MR) is 24.7 cm³/mol. The monoisotopic (exact) mass is 83.1 g/mol. The number of hydrogen-bond acceptors (Lipinski definition) is 2. The maximum atomic E-state index is 7.94. The normalized spacial score (nSPS) is 7.00. The molecule has 1 radical (unpaired) electrons. The van der Waals surface area contributed by atoms with Gasteiger partial charge in [-0.15, -0.1) is 0 Å². The smallest absolute Gasteiger partial charge is 0.0693 e. The van der Waals surface area contributed by atoms with Gasteiger partial charge >= 0.3 is 0 Å². The average molecular weight is 83.0 g/mol. The minimum absolute atomic E-state index is 0. The van der Waals surface area contributed by atoms with Crippen molar-refractivity contribution in [2.45, 2.75) is 0 Å². The zero-order chi connectivity index (χ0) is 4.12. The van der Waals surface area contributed by atoms with E-state index in [1.54, 1.807) is 7.11 Å². The molecule has 0 saturated heterocycles. The van der Waals surface area contributed by atoms with Crippen LogP contribution >= 0.6 is 0 Å². The Balaban J connectivity index is 0. The Bertz CT molecular complexity index is 16.3. The van der Waals surface area contributed by atoms with Crippen LogP contribution in [0.3, 0.4) is 0 Å². The van der Waals surface area contributed by atoms with Crippen molar-refractivity contribution < 1.29 is 9.84 Å². The molecule has 0 bridgehead atoms. The molecule has 0 aliphatic carbocycles. The van der Waals surface area contributed by atoms with Crippen LogP contribution < -0.4 is 0 Å². The molecule has 0 unspecified atom stereocenters. The quantitative estimate of drug-likeness (QED) is 0.445. The molecule has 0 aliphatic rings. The zero-order valence-electron chi connectivity index (χ0n) is 4.27. The van der Waals surface area contributed by atoms with Crippen LogP contribution in [0.1, 0.15) is 0 Å². The summed E-state index contributed by atoms with van der Waals surface area (Å²) >= 11 is 0. The van der Waals surface area contributed by atoms with Crippen molar-refractivity contribution in [3.8, 4) is 0 Å². The van der Waals surface area contributed by atoms with Crippen molar-refractivity contribution >= 4 is 18.9 Å². The summed E-state index contributed by atoms with van der Waals surface area (Å²) in [6.07, 6.45) is 0. The molecule has 0 fully saturated rings. The number of ether oxygens (including phenoxy) is 1. The van der Waals surface area contributed by atoms with Crippen LogP contribution in [0.15, 0.2) is 0 Å². The zero-order valence-corrected chi connectivity index (χ0v) is 4.27. The van der Waals surface area contributed by atoms with Gasteiger partial charge < -0.3 is 9.84 Å². The largest absolute Gasteiger partial charge is 0.394 e. The van der Waals surface area contributed by atoms with Crippen LogP contribution in [-0.4, -0.2) is 44.3 Å². The Kier molecular flexibility index (Phi) is 14.7. The molecule has 3 heteroatoms. The third-order valence-corrected chi connectivity index (χ3v) is 0.295. The van der Waals surface area contributed by atoms with Gasteiger partial charge in [0, 0.05) is 26.0 Å². The summed E-state index contributed by atoms with van der Waals surface area (Å²) < 4.78 is 4.44. The number of aliphatic hydroxyl groups excluding tert-OH is 1. The first-order valence-corrected chi connectivity index (χ1v) is 1.51. The van der Waals surface area contributed by atoms with E-state index in [1.807, 2.05) is 0 Å². The van der Waals surface area contributed by atoms with E-state index in [-0.39, 0.29) is 25.5 Å². The van der Waals surface area contributed by atoms with Crippen molar-refractivity contribution in [1.29, 1.82) is 0 Å². The Morgan fingerprint density at radius 2 is 2.17 bits per heavy atom. The van der Waals surface area contributed by atoms with Crippen molar-refractivity contribution in [1.82, 2.24) is 0 Å². The molecule has 0 atom stereocenters. The Hall–Kier alpha value is 0.517. The topological polar surface area (TPSA) is 29.5 Å². The second-order valence-corrected chi connectivity index (χ2v) is 0.716. The summed E-state index contributed by atoms with van der Waals surface area (Å²) in [5.41, 5.74) is 0. The van der Waals surface area contributed by atoms with Crippen LogP contribution in [0.2, 0.25) is 0 Å². The van der Waals surface area contributed by atoms with Crippen molar-refractivity contribution in [3.63, 3.8) is 0 Å². The fraction of sp³-hybridized carbons (Fsp3) is 1.00. The van der Waals surface area contributed by atoms with Crippen LogP contribution in [0.4, 0.5) is 0 Å². The fourth-order valence-corrected chi connectivity index (χ4v) is 0.0913. The Morgan fingerprint density at radius 3 is 2.17 bits per heavy atom. The fourth-order valence-electron chi connectivity index (χ4n) is 0.0913. The van der Waals surface area contributed by atoms with Gasteiger partial charge in [-0.25, -0.2) is 0 Å². The molecule has 0 rings (SSSR count). The van der Waals surface area contributed by atoms with Crippen molar-refractivity contribution in [3.05, 3.63) is 0 Å². The number of hydrogen-bond donors (Lipinski definition) is 1. The minimum atomic E-state index is 0. The molecule has 1 N–H and O–H groups in total. The number of rotatable bonds is 2. The van der Waals surface area contributed by atoms with Gasteiger partial charge in [0.15, 0.2) is 0 Å².